The smallest absolute Gasteiger partial charge is 0.231 e. The van der Waals surface area contributed by atoms with Crippen molar-refractivity contribution in [1.29, 1.82) is 0 Å². The van der Waals surface area contributed by atoms with Gasteiger partial charge in [0.05, 0.1) is 0 Å². The van der Waals surface area contributed by atoms with Crippen LogP contribution in [0.1, 0.15) is 17.2 Å². The Balaban J connectivity index is 1.66. The molecule has 1 aliphatic heterocycles. The van der Waals surface area contributed by atoms with Crippen molar-refractivity contribution in [3.8, 4) is 17.2 Å². The second-order valence-electron chi connectivity index (χ2n) is 4.70. The molecule has 1 unspecified atom stereocenters. The predicted molar refractivity (Wildman–Crippen MR) is 74.2 cm³/mol. The van der Waals surface area contributed by atoms with Gasteiger partial charge >= 0.3 is 0 Å². The zero-order valence-electron chi connectivity index (χ0n) is 11.2. The van der Waals surface area contributed by atoms with Gasteiger partial charge in [-0.3, -0.25) is 0 Å². The van der Waals surface area contributed by atoms with E-state index in [4.69, 9.17) is 14.2 Å². The molecule has 3 rings (SSSR count). The Morgan fingerprint density at radius 1 is 1.15 bits per heavy atom. The van der Waals surface area contributed by atoms with Crippen LogP contribution in [0.5, 0.6) is 17.2 Å². The standard InChI is InChI=1S/C16H16O4/c1-11-4-2-3-5-13(11)14(17)9-18-12-6-7-15-16(8-12)20-10-19-15/h2-8,14,17H,9-10H2,1H3. The first-order valence-corrected chi connectivity index (χ1v) is 6.50. The molecule has 104 valence electrons. The first-order chi connectivity index (χ1) is 9.74. The predicted octanol–water partition coefficient (Wildman–Crippen LogP) is 2.84. The first kappa shape index (κ1) is 12.8. The van der Waals surface area contributed by atoms with Gasteiger partial charge in [0.25, 0.3) is 0 Å². The maximum Gasteiger partial charge on any atom is 0.231 e. The fourth-order valence-electron chi connectivity index (χ4n) is 2.19. The van der Waals surface area contributed by atoms with Crippen LogP contribution < -0.4 is 14.2 Å². The lowest BCUT2D eigenvalue weighted by Crippen LogP contribution is -2.10. The van der Waals surface area contributed by atoms with Gasteiger partial charge in [-0.2, -0.15) is 0 Å². The third-order valence-electron chi connectivity index (χ3n) is 3.30. The summed E-state index contributed by atoms with van der Waals surface area (Å²) in [5.41, 5.74) is 1.93. The van der Waals surface area contributed by atoms with Crippen molar-refractivity contribution in [2.45, 2.75) is 13.0 Å². The fourth-order valence-corrected chi connectivity index (χ4v) is 2.19. The lowest BCUT2D eigenvalue weighted by Gasteiger charge is -2.15. The highest BCUT2D eigenvalue weighted by molar-refractivity contribution is 5.46. The van der Waals surface area contributed by atoms with Gasteiger partial charge in [0, 0.05) is 6.07 Å². The van der Waals surface area contributed by atoms with Crippen molar-refractivity contribution in [1.82, 2.24) is 0 Å². The van der Waals surface area contributed by atoms with E-state index >= 15 is 0 Å². The number of aliphatic hydroxyl groups is 1. The largest absolute Gasteiger partial charge is 0.490 e. The van der Waals surface area contributed by atoms with Gasteiger partial charge < -0.3 is 19.3 Å². The van der Waals surface area contributed by atoms with Crippen LogP contribution in [0.4, 0.5) is 0 Å². The minimum atomic E-state index is -0.651. The molecule has 4 heteroatoms. The van der Waals surface area contributed by atoms with Crippen LogP contribution in [0, 0.1) is 6.92 Å². The van der Waals surface area contributed by atoms with Gasteiger partial charge in [0.15, 0.2) is 11.5 Å². The molecule has 0 amide bonds. The molecule has 0 radical (unpaired) electrons. The fraction of sp³-hybridized carbons (Fsp3) is 0.250. The molecule has 1 heterocycles. The van der Waals surface area contributed by atoms with Gasteiger partial charge in [0.1, 0.15) is 18.5 Å². The Labute approximate surface area is 117 Å². The van der Waals surface area contributed by atoms with Crippen LogP contribution in [0.25, 0.3) is 0 Å². The number of rotatable bonds is 4. The molecule has 20 heavy (non-hydrogen) atoms. The van der Waals surface area contributed by atoms with Crippen LogP contribution in [0.3, 0.4) is 0 Å². The third-order valence-corrected chi connectivity index (χ3v) is 3.30. The van der Waals surface area contributed by atoms with Crippen LogP contribution in [-0.2, 0) is 0 Å². The summed E-state index contributed by atoms with van der Waals surface area (Å²) in [7, 11) is 0. The summed E-state index contributed by atoms with van der Waals surface area (Å²) in [6, 6.07) is 13.1. The quantitative estimate of drug-likeness (QED) is 0.929. The highest BCUT2D eigenvalue weighted by Crippen LogP contribution is 2.35. The average molecular weight is 272 g/mol. The summed E-state index contributed by atoms with van der Waals surface area (Å²) < 4.78 is 16.1. The van der Waals surface area contributed by atoms with Crippen LogP contribution in [0.15, 0.2) is 42.5 Å². The molecule has 0 spiro atoms. The second kappa shape index (κ2) is 5.43. The number of aryl methyl sites for hydroxylation is 1. The minimum Gasteiger partial charge on any atom is -0.490 e. The number of hydrogen-bond donors (Lipinski definition) is 1. The Kier molecular flexibility index (Phi) is 3.48. The summed E-state index contributed by atoms with van der Waals surface area (Å²) in [6.07, 6.45) is -0.651. The molecule has 2 aromatic carbocycles. The SMILES string of the molecule is Cc1ccccc1C(O)COc1ccc2c(c1)OCO2. The summed E-state index contributed by atoms with van der Waals surface area (Å²) >= 11 is 0. The first-order valence-electron chi connectivity index (χ1n) is 6.50. The van der Waals surface area contributed by atoms with E-state index in [0.717, 1.165) is 16.9 Å². The molecule has 0 saturated carbocycles. The number of ether oxygens (including phenoxy) is 3. The molecule has 0 bridgehead atoms. The Morgan fingerprint density at radius 2 is 1.95 bits per heavy atom. The maximum atomic E-state index is 10.2. The maximum absolute atomic E-state index is 10.2. The molecule has 1 N–H and O–H groups in total. The molecule has 2 aromatic rings. The van der Waals surface area contributed by atoms with Gasteiger partial charge in [-0.05, 0) is 30.2 Å². The number of benzene rings is 2. The van der Waals surface area contributed by atoms with E-state index in [1.165, 1.54) is 0 Å². The van der Waals surface area contributed by atoms with E-state index in [1.807, 2.05) is 31.2 Å². The van der Waals surface area contributed by atoms with Crippen molar-refractivity contribution in [3.63, 3.8) is 0 Å². The molecule has 1 aliphatic rings. The monoisotopic (exact) mass is 272 g/mol. The van der Waals surface area contributed by atoms with Crippen LogP contribution in [0.2, 0.25) is 0 Å². The average Bonchev–Trinajstić information content (AvgIpc) is 2.92. The Morgan fingerprint density at radius 3 is 2.80 bits per heavy atom. The Bertz CT molecular complexity index is 609. The highest BCUT2D eigenvalue weighted by Gasteiger charge is 2.15. The molecule has 4 nitrogen and oxygen atoms in total. The molecule has 0 aromatic heterocycles. The van der Waals surface area contributed by atoms with E-state index < -0.39 is 6.10 Å². The van der Waals surface area contributed by atoms with Crippen molar-refractivity contribution in [3.05, 3.63) is 53.6 Å². The van der Waals surface area contributed by atoms with Gasteiger partial charge in [-0.1, -0.05) is 24.3 Å². The number of fused-ring (bicyclic) bond motifs is 1. The van der Waals surface area contributed by atoms with Crippen molar-refractivity contribution >= 4 is 0 Å². The van der Waals surface area contributed by atoms with Crippen molar-refractivity contribution in [2.24, 2.45) is 0 Å². The lowest BCUT2D eigenvalue weighted by atomic mass is 10.0. The summed E-state index contributed by atoms with van der Waals surface area (Å²) in [4.78, 5) is 0. The second-order valence-corrected chi connectivity index (χ2v) is 4.70. The molecule has 0 aliphatic carbocycles. The molecule has 1 atom stereocenters. The van der Waals surface area contributed by atoms with E-state index in [2.05, 4.69) is 0 Å². The number of hydrogen-bond acceptors (Lipinski definition) is 4. The summed E-state index contributed by atoms with van der Waals surface area (Å²) in [6.45, 7) is 2.41. The summed E-state index contributed by atoms with van der Waals surface area (Å²) in [5.74, 6) is 2.05. The molecular formula is C16H16O4. The molecule has 0 saturated heterocycles. The van der Waals surface area contributed by atoms with Crippen molar-refractivity contribution < 1.29 is 19.3 Å². The minimum absolute atomic E-state index is 0.199. The molecular weight excluding hydrogens is 256 g/mol. The molecule has 0 fully saturated rings. The van der Waals surface area contributed by atoms with E-state index in [9.17, 15) is 5.11 Å². The third kappa shape index (κ3) is 2.56. The zero-order chi connectivity index (χ0) is 13.9. The van der Waals surface area contributed by atoms with Crippen LogP contribution in [-0.4, -0.2) is 18.5 Å². The Hall–Kier alpha value is -2.20. The lowest BCUT2D eigenvalue weighted by molar-refractivity contribution is 0.107. The zero-order valence-corrected chi connectivity index (χ0v) is 11.2. The van der Waals surface area contributed by atoms with Gasteiger partial charge in [-0.15, -0.1) is 0 Å². The normalized spacial score (nSPS) is 14.1. The van der Waals surface area contributed by atoms with Crippen LogP contribution >= 0.6 is 0 Å². The van der Waals surface area contributed by atoms with Gasteiger partial charge in [0.2, 0.25) is 6.79 Å². The van der Waals surface area contributed by atoms with E-state index in [-0.39, 0.29) is 13.4 Å². The number of aliphatic hydroxyl groups excluding tert-OH is 1. The van der Waals surface area contributed by atoms with E-state index in [1.54, 1.807) is 18.2 Å². The van der Waals surface area contributed by atoms with E-state index in [0.29, 0.717) is 11.5 Å². The van der Waals surface area contributed by atoms with Gasteiger partial charge in [-0.25, -0.2) is 0 Å². The highest BCUT2D eigenvalue weighted by atomic mass is 16.7. The summed E-state index contributed by atoms with van der Waals surface area (Å²) in [5, 5.41) is 10.2. The topological polar surface area (TPSA) is 47.9 Å². The van der Waals surface area contributed by atoms with Crippen molar-refractivity contribution in [2.75, 3.05) is 13.4 Å².